The first-order valence-corrected chi connectivity index (χ1v) is 7.13. The molecule has 1 N–H and O–H groups in total. The molecule has 1 saturated heterocycles. The maximum Gasteiger partial charge on any atom is 0.420 e. The number of rotatable bonds is 4. The fourth-order valence-corrected chi connectivity index (χ4v) is 2.72. The van der Waals surface area contributed by atoms with Crippen LogP contribution in [0, 0.1) is 0 Å². The fraction of sp³-hybridized carbons (Fsp3) is 0.385. The largest absolute Gasteiger partial charge is 0.420 e. The van der Waals surface area contributed by atoms with Gasteiger partial charge in [-0.15, -0.1) is 11.8 Å². The van der Waals surface area contributed by atoms with Crippen molar-refractivity contribution in [2.45, 2.75) is 23.5 Å². The lowest BCUT2D eigenvalue weighted by Gasteiger charge is -2.24. The van der Waals surface area contributed by atoms with Crippen LogP contribution in [0.1, 0.15) is 6.92 Å². The minimum atomic E-state index is -4.82. The second kappa shape index (κ2) is 5.59. The summed E-state index contributed by atoms with van der Waals surface area (Å²) in [6.07, 6.45) is -4.82. The zero-order valence-corrected chi connectivity index (χ0v) is 11.9. The van der Waals surface area contributed by atoms with E-state index in [1.807, 2.05) is 30.3 Å². The first-order valence-electron chi connectivity index (χ1n) is 6.14. The first kappa shape index (κ1) is 15.7. The lowest BCUT2D eigenvalue weighted by atomic mass is 10.0. The molecule has 0 bridgehead atoms. The van der Waals surface area contributed by atoms with E-state index in [4.69, 9.17) is 0 Å². The van der Waals surface area contributed by atoms with Gasteiger partial charge in [0.25, 0.3) is 5.91 Å². The number of imide groups is 1. The summed E-state index contributed by atoms with van der Waals surface area (Å²) < 4.78 is 38.6. The lowest BCUT2D eigenvalue weighted by molar-refractivity contribution is -0.190. The molecule has 0 saturated carbocycles. The summed E-state index contributed by atoms with van der Waals surface area (Å²) in [7, 11) is 0. The highest BCUT2D eigenvalue weighted by Crippen LogP contribution is 2.35. The van der Waals surface area contributed by atoms with Crippen LogP contribution in [0.5, 0.6) is 0 Å². The SMILES string of the molecule is CC1(C(F)(F)F)NC(=O)N(CCSc2ccccc2)C1=O. The van der Waals surface area contributed by atoms with Crippen molar-refractivity contribution in [2.24, 2.45) is 0 Å². The Bertz CT molecular complexity index is 550. The Labute approximate surface area is 123 Å². The van der Waals surface area contributed by atoms with E-state index in [1.165, 1.54) is 11.8 Å². The van der Waals surface area contributed by atoms with Gasteiger partial charge in [0.15, 0.2) is 0 Å². The molecule has 0 spiro atoms. The first-order chi connectivity index (χ1) is 9.75. The number of nitrogens with zero attached hydrogens (tertiary/aromatic N) is 1. The molecule has 0 aliphatic carbocycles. The van der Waals surface area contributed by atoms with Gasteiger partial charge in [0.2, 0.25) is 5.54 Å². The molecule has 21 heavy (non-hydrogen) atoms. The summed E-state index contributed by atoms with van der Waals surface area (Å²) in [4.78, 5) is 24.9. The summed E-state index contributed by atoms with van der Waals surface area (Å²) in [5, 5.41) is 1.72. The number of nitrogens with one attached hydrogen (secondary N) is 1. The third-order valence-electron chi connectivity index (χ3n) is 3.17. The number of carbonyl (C=O) groups excluding carboxylic acids is 2. The number of thioether (sulfide) groups is 1. The Hall–Kier alpha value is -1.70. The van der Waals surface area contributed by atoms with Crippen LogP contribution >= 0.6 is 11.8 Å². The molecule has 1 aromatic rings. The van der Waals surface area contributed by atoms with Gasteiger partial charge in [-0.1, -0.05) is 18.2 Å². The molecule has 1 fully saturated rings. The monoisotopic (exact) mass is 318 g/mol. The number of benzene rings is 1. The number of hydrogen-bond donors (Lipinski definition) is 1. The third-order valence-corrected chi connectivity index (χ3v) is 4.16. The second-order valence-corrected chi connectivity index (χ2v) is 5.84. The van der Waals surface area contributed by atoms with Gasteiger partial charge >= 0.3 is 12.2 Å². The van der Waals surface area contributed by atoms with Crippen molar-refractivity contribution in [3.63, 3.8) is 0 Å². The molecule has 1 heterocycles. The molecule has 2 rings (SSSR count). The predicted octanol–water partition coefficient (Wildman–Crippen LogP) is 2.65. The van der Waals surface area contributed by atoms with E-state index < -0.39 is 23.7 Å². The summed E-state index contributed by atoms with van der Waals surface area (Å²) in [6.45, 7) is 0.605. The van der Waals surface area contributed by atoms with Gasteiger partial charge in [0.1, 0.15) is 0 Å². The van der Waals surface area contributed by atoms with E-state index in [0.717, 1.165) is 4.90 Å². The number of carbonyl (C=O) groups is 2. The van der Waals surface area contributed by atoms with Gasteiger partial charge in [-0.05, 0) is 19.1 Å². The number of halogens is 3. The Balaban J connectivity index is 1.98. The van der Waals surface area contributed by atoms with Crippen LogP contribution < -0.4 is 5.32 Å². The zero-order chi connectivity index (χ0) is 15.7. The third kappa shape index (κ3) is 2.99. The number of alkyl halides is 3. The van der Waals surface area contributed by atoms with E-state index in [1.54, 1.807) is 5.32 Å². The normalized spacial score (nSPS) is 22.6. The fourth-order valence-electron chi connectivity index (χ4n) is 1.86. The van der Waals surface area contributed by atoms with Crippen LogP contribution in [0.25, 0.3) is 0 Å². The molecule has 1 atom stereocenters. The molecule has 4 nitrogen and oxygen atoms in total. The Kier molecular flexibility index (Phi) is 4.18. The summed E-state index contributed by atoms with van der Waals surface area (Å²) in [5.74, 6) is -0.925. The van der Waals surface area contributed by atoms with Crippen LogP contribution in [0.15, 0.2) is 35.2 Å². The molecule has 1 aliphatic rings. The van der Waals surface area contributed by atoms with Crippen LogP contribution in [0.4, 0.5) is 18.0 Å². The van der Waals surface area contributed by atoms with Crippen molar-refractivity contribution in [2.75, 3.05) is 12.3 Å². The smallest absolute Gasteiger partial charge is 0.316 e. The zero-order valence-electron chi connectivity index (χ0n) is 11.1. The number of urea groups is 1. The minimum Gasteiger partial charge on any atom is -0.316 e. The van der Waals surface area contributed by atoms with E-state index in [2.05, 4.69) is 0 Å². The maximum atomic E-state index is 12.9. The van der Waals surface area contributed by atoms with Crippen LogP contribution in [-0.4, -0.2) is 40.9 Å². The number of amides is 3. The second-order valence-electron chi connectivity index (χ2n) is 4.67. The maximum absolute atomic E-state index is 12.9. The van der Waals surface area contributed by atoms with E-state index in [9.17, 15) is 22.8 Å². The molecule has 0 radical (unpaired) electrons. The van der Waals surface area contributed by atoms with Gasteiger partial charge in [0, 0.05) is 17.2 Å². The van der Waals surface area contributed by atoms with E-state index in [-0.39, 0.29) is 6.54 Å². The Morgan fingerprint density at radius 2 is 1.86 bits per heavy atom. The topological polar surface area (TPSA) is 49.4 Å². The van der Waals surface area contributed by atoms with Crippen molar-refractivity contribution in [3.05, 3.63) is 30.3 Å². The average Bonchev–Trinajstić information content (AvgIpc) is 2.64. The molecule has 114 valence electrons. The Morgan fingerprint density at radius 3 is 2.38 bits per heavy atom. The predicted molar refractivity (Wildman–Crippen MR) is 71.9 cm³/mol. The van der Waals surface area contributed by atoms with E-state index >= 15 is 0 Å². The molecule has 0 aromatic heterocycles. The van der Waals surface area contributed by atoms with Gasteiger partial charge < -0.3 is 5.32 Å². The molecule has 8 heteroatoms. The molecular weight excluding hydrogens is 305 g/mol. The highest BCUT2D eigenvalue weighted by molar-refractivity contribution is 7.99. The van der Waals surface area contributed by atoms with Gasteiger partial charge in [-0.2, -0.15) is 13.2 Å². The lowest BCUT2D eigenvalue weighted by Crippen LogP contribution is -2.56. The van der Waals surface area contributed by atoms with Gasteiger partial charge in [-0.25, -0.2) is 4.79 Å². The summed E-state index contributed by atoms with van der Waals surface area (Å²) >= 11 is 1.36. The molecule has 1 unspecified atom stereocenters. The molecule has 1 aliphatic heterocycles. The van der Waals surface area contributed by atoms with E-state index in [0.29, 0.717) is 17.6 Å². The van der Waals surface area contributed by atoms with Crippen molar-refractivity contribution in [1.82, 2.24) is 10.2 Å². The molecule has 1 aromatic carbocycles. The van der Waals surface area contributed by atoms with Gasteiger partial charge in [0.05, 0.1) is 0 Å². The van der Waals surface area contributed by atoms with Crippen LogP contribution in [-0.2, 0) is 4.79 Å². The summed E-state index contributed by atoms with van der Waals surface area (Å²) in [5.41, 5.74) is -2.83. The summed E-state index contributed by atoms with van der Waals surface area (Å²) in [6, 6.07) is 8.18. The molecular formula is C13H13F3N2O2S. The van der Waals surface area contributed by atoms with Crippen molar-refractivity contribution < 1.29 is 22.8 Å². The average molecular weight is 318 g/mol. The van der Waals surface area contributed by atoms with Gasteiger partial charge in [-0.3, -0.25) is 9.69 Å². The molecule has 3 amide bonds. The highest BCUT2D eigenvalue weighted by atomic mass is 32.2. The standard InChI is InChI=1S/C13H13F3N2O2S/c1-12(13(14,15)16)10(19)18(11(20)17-12)7-8-21-9-5-3-2-4-6-9/h2-6H,7-8H2,1H3,(H,17,20). The van der Waals surface area contributed by atoms with Crippen LogP contribution in [0.2, 0.25) is 0 Å². The highest BCUT2D eigenvalue weighted by Gasteiger charge is 2.64. The number of hydrogen-bond acceptors (Lipinski definition) is 3. The quantitative estimate of drug-likeness (QED) is 0.686. The minimum absolute atomic E-state index is 0.0735. The van der Waals surface area contributed by atoms with Crippen molar-refractivity contribution in [3.8, 4) is 0 Å². The van der Waals surface area contributed by atoms with Crippen LogP contribution in [0.3, 0.4) is 0 Å². The Morgan fingerprint density at radius 1 is 1.24 bits per heavy atom. The van der Waals surface area contributed by atoms with Crippen molar-refractivity contribution in [1.29, 1.82) is 0 Å². The van der Waals surface area contributed by atoms with Crippen molar-refractivity contribution >= 4 is 23.7 Å².